The van der Waals surface area contributed by atoms with Gasteiger partial charge in [0.05, 0.1) is 10.6 Å². The smallest absolute Gasteiger partial charge is 0.243 e. The van der Waals surface area contributed by atoms with Crippen LogP contribution in [0.2, 0.25) is 0 Å². The molecule has 1 aromatic rings. The van der Waals surface area contributed by atoms with E-state index in [1.54, 1.807) is 7.05 Å². The van der Waals surface area contributed by atoms with Gasteiger partial charge in [-0.3, -0.25) is 0 Å². The number of hydrogen-bond acceptors (Lipinski definition) is 3. The van der Waals surface area contributed by atoms with Crippen molar-refractivity contribution >= 4 is 15.7 Å². The number of nitrogens with two attached hydrogens (primary N) is 1. The molecule has 1 aliphatic carbocycles. The van der Waals surface area contributed by atoms with Crippen molar-refractivity contribution in [3.05, 3.63) is 24.0 Å². The molecule has 1 aliphatic rings. The van der Waals surface area contributed by atoms with Gasteiger partial charge in [0, 0.05) is 13.1 Å². The van der Waals surface area contributed by atoms with Crippen molar-refractivity contribution in [2.24, 2.45) is 0 Å². The molecule has 0 spiro atoms. The molecule has 0 atom stereocenters. The van der Waals surface area contributed by atoms with Gasteiger partial charge in [-0.05, 0) is 31.0 Å². The lowest BCUT2D eigenvalue weighted by atomic mass is 10.3. The van der Waals surface area contributed by atoms with Gasteiger partial charge in [-0.1, -0.05) is 12.8 Å². The third kappa shape index (κ3) is 2.35. The van der Waals surface area contributed by atoms with Gasteiger partial charge in [-0.25, -0.2) is 12.8 Å². The minimum Gasteiger partial charge on any atom is -0.396 e. The highest BCUT2D eigenvalue weighted by Crippen LogP contribution is 2.28. The molecule has 100 valence electrons. The fraction of sp³-hybridized carbons (Fsp3) is 0.500. The van der Waals surface area contributed by atoms with Gasteiger partial charge in [0.25, 0.3) is 0 Å². The van der Waals surface area contributed by atoms with Crippen LogP contribution in [0.1, 0.15) is 25.7 Å². The summed E-state index contributed by atoms with van der Waals surface area (Å²) in [5, 5.41) is 0. The highest BCUT2D eigenvalue weighted by Gasteiger charge is 2.30. The number of anilines is 1. The quantitative estimate of drug-likeness (QED) is 0.856. The van der Waals surface area contributed by atoms with Crippen molar-refractivity contribution in [3.63, 3.8) is 0 Å². The zero-order valence-corrected chi connectivity index (χ0v) is 11.1. The molecule has 6 heteroatoms. The lowest BCUT2D eigenvalue weighted by Crippen LogP contribution is -2.35. The summed E-state index contributed by atoms with van der Waals surface area (Å²) in [6, 6.07) is 3.56. The van der Waals surface area contributed by atoms with Gasteiger partial charge in [0.2, 0.25) is 10.0 Å². The maximum atomic E-state index is 13.1. The molecule has 1 saturated carbocycles. The number of rotatable bonds is 3. The van der Waals surface area contributed by atoms with Crippen LogP contribution in [0.4, 0.5) is 10.1 Å². The molecule has 0 bridgehead atoms. The summed E-state index contributed by atoms with van der Waals surface area (Å²) in [5.41, 5.74) is 5.27. The second kappa shape index (κ2) is 4.85. The fourth-order valence-electron chi connectivity index (χ4n) is 2.31. The molecule has 2 N–H and O–H groups in total. The van der Waals surface area contributed by atoms with Gasteiger partial charge in [0.1, 0.15) is 5.82 Å². The average Bonchev–Trinajstić information content (AvgIpc) is 2.85. The van der Waals surface area contributed by atoms with Crippen LogP contribution < -0.4 is 5.73 Å². The number of nitrogens with zero attached hydrogens (tertiary/aromatic N) is 1. The van der Waals surface area contributed by atoms with Crippen molar-refractivity contribution in [3.8, 4) is 0 Å². The van der Waals surface area contributed by atoms with Crippen LogP contribution in [-0.2, 0) is 10.0 Å². The minimum absolute atomic E-state index is 0.0428. The Hall–Kier alpha value is -1.14. The standard InChI is InChI=1S/C12H17FN2O2S/c1-15(9-4-2-3-5-9)18(16,17)10-6-7-11(13)12(14)8-10/h6-9H,2-5,14H2,1H3. The molecule has 18 heavy (non-hydrogen) atoms. The summed E-state index contributed by atoms with van der Waals surface area (Å²) < 4.78 is 39.1. The highest BCUT2D eigenvalue weighted by atomic mass is 32.2. The van der Waals surface area contributed by atoms with Crippen molar-refractivity contribution in [2.45, 2.75) is 36.6 Å². The summed E-state index contributed by atoms with van der Waals surface area (Å²) >= 11 is 0. The molecule has 0 amide bonds. The first-order valence-corrected chi connectivity index (χ1v) is 7.40. The van der Waals surface area contributed by atoms with Crippen molar-refractivity contribution in [1.82, 2.24) is 4.31 Å². The first-order chi connectivity index (χ1) is 8.43. The average molecular weight is 272 g/mol. The minimum atomic E-state index is -3.58. The van der Waals surface area contributed by atoms with Crippen LogP contribution >= 0.6 is 0 Å². The van der Waals surface area contributed by atoms with Crippen LogP contribution in [0, 0.1) is 5.82 Å². The van der Waals surface area contributed by atoms with Crippen molar-refractivity contribution in [2.75, 3.05) is 12.8 Å². The Balaban J connectivity index is 2.32. The van der Waals surface area contributed by atoms with Crippen molar-refractivity contribution in [1.29, 1.82) is 0 Å². The highest BCUT2D eigenvalue weighted by molar-refractivity contribution is 7.89. The Bertz CT molecular complexity index is 539. The molecule has 0 heterocycles. The predicted molar refractivity (Wildman–Crippen MR) is 68.0 cm³/mol. The van der Waals surface area contributed by atoms with E-state index in [2.05, 4.69) is 0 Å². The molecule has 0 aliphatic heterocycles. The summed E-state index contributed by atoms with van der Waals surface area (Å²) in [6.45, 7) is 0. The maximum Gasteiger partial charge on any atom is 0.243 e. The Kier molecular flexibility index (Phi) is 3.59. The summed E-state index contributed by atoms with van der Waals surface area (Å²) in [6.07, 6.45) is 3.87. The van der Waals surface area contributed by atoms with Crippen LogP contribution in [0.3, 0.4) is 0 Å². The summed E-state index contributed by atoms with van der Waals surface area (Å²) in [5.74, 6) is -0.600. The van der Waals surface area contributed by atoms with Crippen LogP contribution in [-0.4, -0.2) is 25.8 Å². The van der Waals surface area contributed by atoms with E-state index < -0.39 is 15.8 Å². The topological polar surface area (TPSA) is 63.4 Å². The largest absolute Gasteiger partial charge is 0.396 e. The predicted octanol–water partition coefficient (Wildman–Crippen LogP) is 1.97. The van der Waals surface area contributed by atoms with E-state index in [1.165, 1.54) is 16.4 Å². The van der Waals surface area contributed by atoms with E-state index in [-0.39, 0.29) is 16.6 Å². The first kappa shape index (κ1) is 13.3. The van der Waals surface area contributed by atoms with E-state index in [0.717, 1.165) is 31.7 Å². The van der Waals surface area contributed by atoms with E-state index in [9.17, 15) is 12.8 Å². The second-order valence-corrected chi connectivity index (χ2v) is 6.64. The zero-order valence-electron chi connectivity index (χ0n) is 10.3. The Labute approximate surface area is 107 Å². The van der Waals surface area contributed by atoms with Gasteiger partial charge in [-0.15, -0.1) is 0 Å². The summed E-state index contributed by atoms with van der Waals surface area (Å²) in [7, 11) is -2.00. The lowest BCUT2D eigenvalue weighted by molar-refractivity contribution is 0.373. The number of halogens is 1. The first-order valence-electron chi connectivity index (χ1n) is 5.96. The molecule has 2 rings (SSSR count). The zero-order chi connectivity index (χ0) is 13.3. The van der Waals surface area contributed by atoms with E-state index in [4.69, 9.17) is 5.73 Å². The molecule has 0 radical (unpaired) electrons. The lowest BCUT2D eigenvalue weighted by Gasteiger charge is -2.23. The SMILES string of the molecule is CN(C1CCCC1)S(=O)(=O)c1ccc(F)c(N)c1. The number of benzene rings is 1. The normalized spacial score (nSPS) is 17.5. The summed E-state index contributed by atoms with van der Waals surface area (Å²) in [4.78, 5) is 0.0517. The number of sulfonamides is 1. The van der Waals surface area contributed by atoms with Crippen LogP contribution in [0.5, 0.6) is 0 Å². The molecular weight excluding hydrogens is 255 g/mol. The number of hydrogen-bond donors (Lipinski definition) is 1. The van der Waals surface area contributed by atoms with Crippen LogP contribution in [0.15, 0.2) is 23.1 Å². The van der Waals surface area contributed by atoms with E-state index >= 15 is 0 Å². The monoisotopic (exact) mass is 272 g/mol. The molecule has 4 nitrogen and oxygen atoms in total. The molecule has 0 unspecified atom stereocenters. The molecular formula is C12H17FN2O2S. The fourth-order valence-corrected chi connectivity index (χ4v) is 3.76. The Morgan fingerprint density at radius 2 is 1.94 bits per heavy atom. The van der Waals surface area contributed by atoms with Crippen molar-refractivity contribution < 1.29 is 12.8 Å². The third-order valence-electron chi connectivity index (χ3n) is 3.48. The molecule has 0 aromatic heterocycles. The molecule has 1 aromatic carbocycles. The van der Waals surface area contributed by atoms with Gasteiger partial charge < -0.3 is 5.73 Å². The van der Waals surface area contributed by atoms with Crippen LogP contribution in [0.25, 0.3) is 0 Å². The van der Waals surface area contributed by atoms with Gasteiger partial charge >= 0.3 is 0 Å². The molecule has 0 saturated heterocycles. The Morgan fingerprint density at radius 1 is 1.33 bits per heavy atom. The molecule has 1 fully saturated rings. The Morgan fingerprint density at radius 3 is 2.50 bits per heavy atom. The third-order valence-corrected chi connectivity index (χ3v) is 5.39. The maximum absolute atomic E-state index is 13.1. The van der Waals surface area contributed by atoms with E-state index in [0.29, 0.717) is 0 Å². The van der Waals surface area contributed by atoms with Gasteiger partial charge in [-0.2, -0.15) is 4.31 Å². The second-order valence-electron chi connectivity index (χ2n) is 4.64. The van der Waals surface area contributed by atoms with Gasteiger partial charge in [0.15, 0.2) is 0 Å². The van der Waals surface area contributed by atoms with E-state index in [1.807, 2.05) is 0 Å². The number of nitrogen functional groups attached to an aromatic ring is 1.